The highest BCUT2D eigenvalue weighted by Gasteiger charge is 2.37. The SMILES string of the molecule is C[C@@H](OC(=O)[C@H](CC1CC1)N(C)C(=O)[C@H](O)Cc1ccc(N2CCOCC2)cc1)C(=O)OCc1ccccc1. The molecule has 1 amide bonds. The maximum absolute atomic E-state index is 13.1. The Morgan fingerprint density at radius 3 is 2.31 bits per heavy atom. The van der Waals surface area contributed by atoms with Crippen molar-refractivity contribution >= 4 is 23.5 Å². The Morgan fingerprint density at radius 2 is 1.67 bits per heavy atom. The van der Waals surface area contributed by atoms with E-state index in [4.69, 9.17) is 14.2 Å². The summed E-state index contributed by atoms with van der Waals surface area (Å²) in [6.07, 6.45) is 0.0542. The minimum atomic E-state index is -1.31. The van der Waals surface area contributed by atoms with Gasteiger partial charge in [-0.2, -0.15) is 0 Å². The highest BCUT2D eigenvalue weighted by molar-refractivity contribution is 5.88. The van der Waals surface area contributed by atoms with E-state index in [9.17, 15) is 19.5 Å². The van der Waals surface area contributed by atoms with Gasteiger partial charge in [0.05, 0.1) is 13.2 Å². The summed E-state index contributed by atoms with van der Waals surface area (Å²) in [7, 11) is 1.50. The molecule has 210 valence electrons. The number of carbonyl (C=O) groups excluding carboxylic acids is 3. The van der Waals surface area contributed by atoms with Crippen LogP contribution in [0.3, 0.4) is 0 Å². The summed E-state index contributed by atoms with van der Waals surface area (Å²) in [5.41, 5.74) is 2.71. The number of hydrogen-bond acceptors (Lipinski definition) is 8. The molecular weight excluding hydrogens is 500 g/mol. The number of benzene rings is 2. The molecule has 3 atom stereocenters. The standard InChI is InChI=1S/C30H38N2O7/c1-21(29(35)38-20-24-6-4-3-5-7-24)39-30(36)26(18-22-8-9-22)31(2)28(34)27(33)19-23-10-12-25(13-11-23)32-14-16-37-17-15-32/h3-7,10-13,21-22,26-27,33H,8-9,14-20H2,1-2H3/t21-,26+,27-/m1/s1. The zero-order valence-corrected chi connectivity index (χ0v) is 22.7. The molecule has 1 aliphatic heterocycles. The summed E-state index contributed by atoms with van der Waals surface area (Å²) >= 11 is 0. The number of rotatable bonds is 12. The van der Waals surface area contributed by atoms with Gasteiger partial charge < -0.3 is 29.1 Å². The smallest absolute Gasteiger partial charge is 0.347 e. The molecule has 0 radical (unpaired) electrons. The topological polar surface area (TPSA) is 106 Å². The fourth-order valence-electron chi connectivity index (χ4n) is 4.59. The van der Waals surface area contributed by atoms with Crippen LogP contribution in [0, 0.1) is 5.92 Å². The maximum atomic E-state index is 13.1. The second-order valence-electron chi connectivity index (χ2n) is 10.3. The number of carbonyl (C=O) groups is 3. The molecular formula is C30H38N2O7. The zero-order valence-electron chi connectivity index (χ0n) is 22.7. The average Bonchev–Trinajstić information content (AvgIpc) is 3.79. The van der Waals surface area contributed by atoms with Gasteiger partial charge in [0.15, 0.2) is 6.10 Å². The van der Waals surface area contributed by atoms with Crippen LogP contribution in [0.1, 0.15) is 37.3 Å². The Balaban J connectivity index is 1.31. The van der Waals surface area contributed by atoms with Crippen molar-refractivity contribution in [2.45, 2.75) is 57.5 Å². The van der Waals surface area contributed by atoms with Crippen LogP contribution in [-0.2, 0) is 41.6 Å². The van der Waals surface area contributed by atoms with Gasteiger partial charge in [-0.05, 0) is 42.5 Å². The number of esters is 2. The molecule has 0 spiro atoms. The molecule has 0 aromatic heterocycles. The molecule has 1 saturated carbocycles. The second kappa shape index (κ2) is 13.6. The van der Waals surface area contributed by atoms with E-state index in [0.717, 1.165) is 42.7 Å². The highest BCUT2D eigenvalue weighted by Crippen LogP contribution is 2.35. The molecule has 1 heterocycles. The lowest BCUT2D eigenvalue weighted by Crippen LogP contribution is -2.49. The number of ether oxygens (including phenoxy) is 3. The van der Waals surface area contributed by atoms with Crippen molar-refractivity contribution in [1.29, 1.82) is 0 Å². The van der Waals surface area contributed by atoms with Gasteiger partial charge >= 0.3 is 11.9 Å². The van der Waals surface area contributed by atoms with Gasteiger partial charge in [-0.3, -0.25) is 4.79 Å². The highest BCUT2D eigenvalue weighted by atomic mass is 16.6. The van der Waals surface area contributed by atoms with Crippen molar-refractivity contribution in [3.63, 3.8) is 0 Å². The van der Waals surface area contributed by atoms with Gasteiger partial charge in [0.1, 0.15) is 18.8 Å². The minimum absolute atomic E-state index is 0.0745. The Labute approximate surface area is 229 Å². The zero-order chi connectivity index (χ0) is 27.8. The van der Waals surface area contributed by atoms with E-state index < -0.39 is 36.1 Å². The first-order valence-corrected chi connectivity index (χ1v) is 13.6. The van der Waals surface area contributed by atoms with Gasteiger partial charge in [0.25, 0.3) is 5.91 Å². The fourth-order valence-corrected chi connectivity index (χ4v) is 4.59. The van der Waals surface area contributed by atoms with Crippen molar-refractivity contribution < 1.29 is 33.7 Å². The predicted molar refractivity (Wildman–Crippen MR) is 145 cm³/mol. The van der Waals surface area contributed by atoms with E-state index in [2.05, 4.69) is 4.90 Å². The summed E-state index contributed by atoms with van der Waals surface area (Å²) in [5, 5.41) is 10.7. The number of nitrogens with zero attached hydrogens (tertiary/aromatic N) is 2. The van der Waals surface area contributed by atoms with Crippen LogP contribution in [0.25, 0.3) is 0 Å². The Hall–Kier alpha value is -3.43. The molecule has 2 fully saturated rings. The normalized spacial score (nSPS) is 17.6. The fraction of sp³-hybridized carbons (Fsp3) is 0.500. The van der Waals surface area contributed by atoms with Gasteiger partial charge in [-0.1, -0.05) is 55.3 Å². The van der Waals surface area contributed by atoms with E-state index in [1.807, 2.05) is 54.6 Å². The molecule has 2 aliphatic rings. The van der Waals surface area contributed by atoms with Crippen molar-refractivity contribution in [1.82, 2.24) is 4.90 Å². The van der Waals surface area contributed by atoms with Crippen molar-refractivity contribution in [2.24, 2.45) is 5.92 Å². The molecule has 9 heteroatoms. The number of aliphatic hydroxyl groups is 1. The van der Waals surface area contributed by atoms with Gasteiger partial charge in [-0.15, -0.1) is 0 Å². The number of aliphatic hydroxyl groups excluding tert-OH is 1. The monoisotopic (exact) mass is 538 g/mol. The number of morpholine rings is 1. The number of likely N-dealkylation sites (N-methyl/N-ethyl adjacent to an activating group) is 1. The quantitative estimate of drug-likeness (QED) is 0.412. The lowest BCUT2D eigenvalue weighted by Gasteiger charge is -2.30. The Morgan fingerprint density at radius 1 is 1.00 bits per heavy atom. The molecule has 9 nitrogen and oxygen atoms in total. The molecule has 0 unspecified atom stereocenters. The maximum Gasteiger partial charge on any atom is 0.347 e. The summed E-state index contributed by atoms with van der Waals surface area (Å²) in [6, 6.07) is 16.1. The summed E-state index contributed by atoms with van der Waals surface area (Å²) in [5.74, 6) is -1.59. The van der Waals surface area contributed by atoms with E-state index in [1.165, 1.54) is 18.9 Å². The number of hydrogen-bond donors (Lipinski definition) is 1. The van der Waals surface area contributed by atoms with Gasteiger partial charge in [-0.25, -0.2) is 9.59 Å². The molecule has 1 saturated heterocycles. The third-order valence-electron chi connectivity index (χ3n) is 7.22. The second-order valence-corrected chi connectivity index (χ2v) is 10.3. The summed E-state index contributed by atoms with van der Waals surface area (Å²) < 4.78 is 16.1. The van der Waals surface area contributed by atoms with Crippen LogP contribution in [0.2, 0.25) is 0 Å². The molecule has 4 rings (SSSR count). The molecule has 2 aromatic carbocycles. The molecule has 1 aliphatic carbocycles. The first kappa shape index (κ1) is 28.6. The Kier molecular flexibility index (Phi) is 9.95. The molecule has 1 N–H and O–H groups in total. The van der Waals surface area contributed by atoms with Crippen molar-refractivity contribution in [2.75, 3.05) is 38.3 Å². The largest absolute Gasteiger partial charge is 0.458 e. The first-order chi connectivity index (χ1) is 18.8. The van der Waals surface area contributed by atoms with Gasteiger partial charge in [0, 0.05) is 32.2 Å². The Bertz CT molecular complexity index is 1100. The molecule has 39 heavy (non-hydrogen) atoms. The minimum Gasteiger partial charge on any atom is -0.458 e. The third-order valence-corrected chi connectivity index (χ3v) is 7.22. The molecule has 2 aromatic rings. The van der Waals surface area contributed by atoms with Crippen LogP contribution in [0.5, 0.6) is 0 Å². The summed E-state index contributed by atoms with van der Waals surface area (Å²) in [6.45, 7) is 4.57. The first-order valence-electron chi connectivity index (χ1n) is 13.6. The van der Waals surface area contributed by atoms with Gasteiger partial charge in [0.2, 0.25) is 0 Å². The lowest BCUT2D eigenvalue weighted by molar-refractivity contribution is -0.172. The lowest BCUT2D eigenvalue weighted by atomic mass is 10.0. The number of amides is 1. The van der Waals surface area contributed by atoms with E-state index in [-0.39, 0.29) is 13.0 Å². The van der Waals surface area contributed by atoms with Crippen molar-refractivity contribution in [3.05, 3.63) is 65.7 Å². The van der Waals surface area contributed by atoms with Crippen molar-refractivity contribution in [3.8, 4) is 0 Å². The average molecular weight is 539 g/mol. The van der Waals surface area contributed by atoms with Crippen LogP contribution in [0.15, 0.2) is 54.6 Å². The predicted octanol–water partition coefficient (Wildman–Crippen LogP) is 2.73. The van der Waals surface area contributed by atoms with Crippen LogP contribution >= 0.6 is 0 Å². The molecule has 0 bridgehead atoms. The third kappa shape index (κ3) is 8.28. The summed E-state index contributed by atoms with van der Waals surface area (Å²) in [4.78, 5) is 42.1. The van der Waals surface area contributed by atoms with Crippen LogP contribution < -0.4 is 4.90 Å². The number of anilines is 1. The van der Waals surface area contributed by atoms with E-state index >= 15 is 0 Å². The van der Waals surface area contributed by atoms with Crippen LogP contribution in [-0.4, -0.2) is 79.5 Å². The van der Waals surface area contributed by atoms with Crippen LogP contribution in [0.4, 0.5) is 5.69 Å². The van der Waals surface area contributed by atoms with E-state index in [1.54, 1.807) is 0 Å². The van der Waals surface area contributed by atoms with E-state index in [0.29, 0.717) is 25.6 Å².